The molecule has 0 N–H and O–H groups in total. The van der Waals surface area contributed by atoms with Crippen molar-refractivity contribution in [2.24, 2.45) is 4.99 Å². The number of esters is 1. The molecule has 0 aliphatic carbocycles. The first-order valence-electron chi connectivity index (χ1n) is 5.67. The standard InChI is InChI=1S/C15H12FNO2/c1-19-15(18)12-4-2-11(3-5-12)10-17-14-8-6-13(16)7-9-14/h2-10H,1H3/b17-10+. The summed E-state index contributed by atoms with van der Waals surface area (Å²) < 4.78 is 17.3. The quantitative estimate of drug-likeness (QED) is 0.624. The molecular formula is C15H12FNO2. The zero-order valence-electron chi connectivity index (χ0n) is 10.3. The van der Waals surface area contributed by atoms with E-state index in [1.165, 1.54) is 19.2 Å². The fourth-order valence-electron chi connectivity index (χ4n) is 1.50. The van der Waals surface area contributed by atoms with E-state index in [2.05, 4.69) is 9.73 Å². The maximum absolute atomic E-state index is 12.7. The van der Waals surface area contributed by atoms with Crippen LogP contribution in [0.25, 0.3) is 0 Å². The summed E-state index contributed by atoms with van der Waals surface area (Å²) in [6.45, 7) is 0. The Bertz CT molecular complexity index is 589. The van der Waals surface area contributed by atoms with Crippen molar-refractivity contribution in [1.82, 2.24) is 0 Å². The van der Waals surface area contributed by atoms with E-state index in [4.69, 9.17) is 0 Å². The second-order valence-electron chi connectivity index (χ2n) is 3.85. The Morgan fingerprint density at radius 2 is 1.74 bits per heavy atom. The lowest BCUT2D eigenvalue weighted by molar-refractivity contribution is 0.0600. The van der Waals surface area contributed by atoms with Gasteiger partial charge in [0.25, 0.3) is 0 Å². The van der Waals surface area contributed by atoms with E-state index >= 15 is 0 Å². The van der Waals surface area contributed by atoms with Crippen LogP contribution in [0, 0.1) is 5.82 Å². The lowest BCUT2D eigenvalue weighted by Crippen LogP contribution is -2.00. The number of methoxy groups -OCH3 is 1. The summed E-state index contributed by atoms with van der Waals surface area (Å²) in [6.07, 6.45) is 1.65. The highest BCUT2D eigenvalue weighted by molar-refractivity contribution is 5.90. The van der Waals surface area contributed by atoms with Crippen molar-refractivity contribution in [2.75, 3.05) is 7.11 Å². The lowest BCUT2D eigenvalue weighted by Gasteiger charge is -1.99. The average molecular weight is 257 g/mol. The van der Waals surface area contributed by atoms with Gasteiger partial charge in [-0.1, -0.05) is 12.1 Å². The second kappa shape index (κ2) is 5.91. The SMILES string of the molecule is COC(=O)c1ccc(/C=N/c2ccc(F)cc2)cc1. The highest BCUT2D eigenvalue weighted by Gasteiger charge is 2.03. The van der Waals surface area contributed by atoms with E-state index in [9.17, 15) is 9.18 Å². The van der Waals surface area contributed by atoms with Crippen LogP contribution in [-0.4, -0.2) is 19.3 Å². The molecular weight excluding hydrogens is 245 g/mol. The summed E-state index contributed by atoms with van der Waals surface area (Å²) in [5.41, 5.74) is 2.00. The molecule has 2 rings (SSSR count). The van der Waals surface area contributed by atoms with E-state index in [1.807, 2.05) is 0 Å². The van der Waals surface area contributed by atoms with E-state index in [0.717, 1.165) is 5.56 Å². The molecule has 19 heavy (non-hydrogen) atoms. The van der Waals surface area contributed by atoms with Gasteiger partial charge in [-0.2, -0.15) is 0 Å². The molecule has 2 aromatic carbocycles. The largest absolute Gasteiger partial charge is 0.465 e. The topological polar surface area (TPSA) is 38.7 Å². The lowest BCUT2D eigenvalue weighted by atomic mass is 10.1. The van der Waals surface area contributed by atoms with Crippen LogP contribution in [0.5, 0.6) is 0 Å². The Labute approximate surface area is 110 Å². The molecule has 0 radical (unpaired) electrons. The zero-order chi connectivity index (χ0) is 13.7. The molecule has 4 heteroatoms. The average Bonchev–Trinajstić information content (AvgIpc) is 2.46. The molecule has 3 nitrogen and oxygen atoms in total. The first-order chi connectivity index (χ1) is 9.19. The predicted octanol–water partition coefficient (Wildman–Crippen LogP) is 3.36. The fraction of sp³-hybridized carbons (Fsp3) is 0.0667. The van der Waals surface area contributed by atoms with Gasteiger partial charge in [-0.05, 0) is 42.0 Å². The molecule has 0 heterocycles. The molecule has 0 unspecified atom stereocenters. The molecule has 0 saturated heterocycles. The molecule has 0 atom stereocenters. The van der Waals surface area contributed by atoms with Crippen molar-refractivity contribution in [1.29, 1.82) is 0 Å². The van der Waals surface area contributed by atoms with Gasteiger partial charge in [0.1, 0.15) is 5.82 Å². The van der Waals surface area contributed by atoms with Crippen LogP contribution in [0.4, 0.5) is 10.1 Å². The highest BCUT2D eigenvalue weighted by atomic mass is 19.1. The molecule has 2 aromatic rings. The number of carbonyl (C=O) groups excluding carboxylic acids is 1. The van der Waals surface area contributed by atoms with Crippen LogP contribution in [0.15, 0.2) is 53.5 Å². The van der Waals surface area contributed by atoms with Crippen molar-refractivity contribution in [2.45, 2.75) is 0 Å². The van der Waals surface area contributed by atoms with E-state index in [0.29, 0.717) is 11.3 Å². The number of benzene rings is 2. The number of ether oxygens (including phenoxy) is 1. The predicted molar refractivity (Wildman–Crippen MR) is 71.4 cm³/mol. The van der Waals surface area contributed by atoms with Crippen LogP contribution < -0.4 is 0 Å². The van der Waals surface area contributed by atoms with Crippen LogP contribution in [0.1, 0.15) is 15.9 Å². The molecule has 0 aliphatic rings. The fourth-order valence-corrected chi connectivity index (χ4v) is 1.50. The van der Waals surface area contributed by atoms with E-state index < -0.39 is 0 Å². The Hall–Kier alpha value is -2.49. The number of aliphatic imine (C=N–C) groups is 1. The molecule has 0 spiro atoms. The molecule has 0 aromatic heterocycles. The van der Waals surface area contributed by atoms with Gasteiger partial charge in [0.05, 0.1) is 18.4 Å². The van der Waals surface area contributed by atoms with Crippen LogP contribution in [0.3, 0.4) is 0 Å². The van der Waals surface area contributed by atoms with E-state index in [1.54, 1.807) is 42.6 Å². The third-order valence-corrected chi connectivity index (χ3v) is 2.52. The number of hydrogen-bond acceptors (Lipinski definition) is 3. The van der Waals surface area contributed by atoms with Gasteiger partial charge in [0, 0.05) is 6.21 Å². The van der Waals surface area contributed by atoms with Crippen molar-refractivity contribution in [3.05, 3.63) is 65.5 Å². The molecule has 0 bridgehead atoms. The Morgan fingerprint density at radius 3 is 2.32 bits per heavy atom. The van der Waals surface area contributed by atoms with Gasteiger partial charge in [-0.15, -0.1) is 0 Å². The third kappa shape index (κ3) is 3.48. The van der Waals surface area contributed by atoms with Crippen LogP contribution in [-0.2, 0) is 4.74 Å². The summed E-state index contributed by atoms with van der Waals surface area (Å²) in [7, 11) is 1.34. The first kappa shape index (κ1) is 13.0. The van der Waals surface area contributed by atoms with Gasteiger partial charge < -0.3 is 4.74 Å². The van der Waals surface area contributed by atoms with Crippen molar-refractivity contribution in [3.63, 3.8) is 0 Å². The number of halogens is 1. The Balaban J connectivity index is 2.11. The van der Waals surface area contributed by atoms with Gasteiger partial charge in [0.2, 0.25) is 0 Å². The number of carbonyl (C=O) groups is 1. The van der Waals surface area contributed by atoms with Gasteiger partial charge in [-0.3, -0.25) is 4.99 Å². The number of nitrogens with zero attached hydrogens (tertiary/aromatic N) is 1. The summed E-state index contributed by atoms with van der Waals surface area (Å²) in [6, 6.07) is 12.7. The summed E-state index contributed by atoms with van der Waals surface area (Å²) in [4.78, 5) is 15.4. The first-order valence-corrected chi connectivity index (χ1v) is 5.67. The molecule has 0 amide bonds. The minimum absolute atomic E-state index is 0.290. The number of rotatable bonds is 3. The maximum atomic E-state index is 12.7. The molecule has 0 saturated carbocycles. The van der Waals surface area contributed by atoms with Crippen molar-refractivity contribution in [3.8, 4) is 0 Å². The molecule has 0 aliphatic heterocycles. The minimum atomic E-state index is -0.373. The van der Waals surface area contributed by atoms with Crippen LogP contribution in [0.2, 0.25) is 0 Å². The zero-order valence-corrected chi connectivity index (χ0v) is 10.3. The molecule has 0 fully saturated rings. The van der Waals surface area contributed by atoms with Gasteiger partial charge in [0.15, 0.2) is 0 Å². The Morgan fingerprint density at radius 1 is 1.11 bits per heavy atom. The summed E-state index contributed by atoms with van der Waals surface area (Å²) in [5, 5.41) is 0. The maximum Gasteiger partial charge on any atom is 0.337 e. The smallest absolute Gasteiger partial charge is 0.337 e. The molecule has 96 valence electrons. The normalized spacial score (nSPS) is 10.6. The third-order valence-electron chi connectivity index (χ3n) is 2.52. The van der Waals surface area contributed by atoms with Crippen LogP contribution >= 0.6 is 0 Å². The summed E-state index contributed by atoms with van der Waals surface area (Å²) >= 11 is 0. The van der Waals surface area contributed by atoms with Crippen molar-refractivity contribution >= 4 is 17.9 Å². The second-order valence-corrected chi connectivity index (χ2v) is 3.85. The van der Waals surface area contributed by atoms with Gasteiger partial charge >= 0.3 is 5.97 Å². The van der Waals surface area contributed by atoms with E-state index in [-0.39, 0.29) is 11.8 Å². The highest BCUT2D eigenvalue weighted by Crippen LogP contribution is 2.12. The Kier molecular flexibility index (Phi) is 4.03. The number of hydrogen-bond donors (Lipinski definition) is 0. The monoisotopic (exact) mass is 257 g/mol. The minimum Gasteiger partial charge on any atom is -0.465 e. The summed E-state index contributed by atoms with van der Waals surface area (Å²) in [5.74, 6) is -0.664. The van der Waals surface area contributed by atoms with Crippen molar-refractivity contribution < 1.29 is 13.9 Å². The van der Waals surface area contributed by atoms with Gasteiger partial charge in [-0.25, -0.2) is 9.18 Å².